The first-order valence-corrected chi connectivity index (χ1v) is 8.30. The van der Waals surface area contributed by atoms with Crippen LogP contribution in [-0.4, -0.2) is 40.8 Å². The lowest BCUT2D eigenvalue weighted by Gasteiger charge is -2.19. The Morgan fingerprint density at radius 1 is 1.33 bits per heavy atom. The van der Waals surface area contributed by atoms with E-state index in [1.807, 2.05) is 18.2 Å². The molecule has 1 saturated heterocycles. The lowest BCUT2D eigenvalue weighted by Crippen LogP contribution is -2.25. The Morgan fingerprint density at radius 2 is 2.05 bits per heavy atom. The molecule has 0 aromatic heterocycles. The quantitative estimate of drug-likeness (QED) is 0.599. The molecule has 1 aliphatic heterocycles. The highest BCUT2D eigenvalue weighted by atomic mass is 32.2. The van der Waals surface area contributed by atoms with Gasteiger partial charge in [-0.1, -0.05) is 18.2 Å². The van der Waals surface area contributed by atoms with Gasteiger partial charge in [-0.25, -0.2) is 0 Å². The van der Waals surface area contributed by atoms with Gasteiger partial charge in [-0.15, -0.1) is 11.8 Å². The molecule has 1 aliphatic rings. The van der Waals surface area contributed by atoms with E-state index in [2.05, 4.69) is 12.1 Å². The largest absolute Gasteiger partial charge is 0.368 e. The predicted octanol–water partition coefficient (Wildman–Crippen LogP) is 2.64. The summed E-state index contributed by atoms with van der Waals surface area (Å²) >= 11 is 1.74. The minimum Gasteiger partial charge on any atom is -0.368 e. The van der Waals surface area contributed by atoms with Crippen molar-refractivity contribution < 1.29 is 19.7 Å². The van der Waals surface area contributed by atoms with Crippen molar-refractivity contribution in [3.63, 3.8) is 0 Å². The summed E-state index contributed by atoms with van der Waals surface area (Å²) in [5.74, 6) is -0.129. The SMILES string of the molecule is CC(C)(O)OCC[C@@H]1CC(CSc2ccccc2)C(O)O1. The molecule has 1 fully saturated rings. The fourth-order valence-electron chi connectivity index (χ4n) is 2.31. The van der Waals surface area contributed by atoms with E-state index in [9.17, 15) is 10.2 Å². The second-order valence-corrected chi connectivity index (χ2v) is 6.95. The summed E-state index contributed by atoms with van der Waals surface area (Å²) in [5, 5.41) is 19.5. The summed E-state index contributed by atoms with van der Waals surface area (Å²) in [6.45, 7) is 3.65. The van der Waals surface area contributed by atoms with E-state index in [4.69, 9.17) is 9.47 Å². The summed E-state index contributed by atoms with van der Waals surface area (Å²) in [7, 11) is 0. The van der Waals surface area contributed by atoms with Crippen molar-refractivity contribution in [2.45, 2.75) is 49.8 Å². The summed E-state index contributed by atoms with van der Waals surface area (Å²) in [5.41, 5.74) is 0. The number of rotatable bonds is 7. The Labute approximate surface area is 130 Å². The molecule has 0 spiro atoms. The van der Waals surface area contributed by atoms with Crippen LogP contribution in [0.4, 0.5) is 0 Å². The summed E-state index contributed by atoms with van der Waals surface area (Å²) in [6.07, 6.45) is 0.820. The zero-order chi connectivity index (χ0) is 15.3. The minimum absolute atomic E-state index is 0.00345. The number of aliphatic hydroxyl groups excluding tert-OH is 1. The van der Waals surface area contributed by atoms with E-state index in [0.717, 1.165) is 12.2 Å². The molecule has 0 amide bonds. The molecule has 0 saturated carbocycles. The molecular weight excluding hydrogens is 288 g/mol. The van der Waals surface area contributed by atoms with Gasteiger partial charge in [0, 0.05) is 16.6 Å². The van der Waals surface area contributed by atoms with Gasteiger partial charge < -0.3 is 19.7 Å². The predicted molar refractivity (Wildman–Crippen MR) is 83.0 cm³/mol. The van der Waals surface area contributed by atoms with Crippen molar-refractivity contribution in [1.82, 2.24) is 0 Å². The van der Waals surface area contributed by atoms with Crippen molar-refractivity contribution in [2.24, 2.45) is 5.92 Å². The maximum absolute atomic E-state index is 9.97. The van der Waals surface area contributed by atoms with E-state index in [1.54, 1.807) is 25.6 Å². The fraction of sp³-hybridized carbons (Fsp3) is 0.625. The Balaban J connectivity index is 1.71. The van der Waals surface area contributed by atoms with Gasteiger partial charge in [0.05, 0.1) is 12.7 Å². The summed E-state index contributed by atoms with van der Waals surface area (Å²) in [6, 6.07) is 10.2. The Kier molecular flexibility index (Phi) is 6.08. The van der Waals surface area contributed by atoms with Gasteiger partial charge in [0.15, 0.2) is 12.1 Å². The van der Waals surface area contributed by atoms with Gasteiger partial charge in [-0.05, 0) is 38.8 Å². The number of benzene rings is 1. The van der Waals surface area contributed by atoms with Crippen LogP contribution in [0.2, 0.25) is 0 Å². The van der Waals surface area contributed by atoms with Gasteiger partial charge in [0.2, 0.25) is 0 Å². The number of hydrogen-bond donors (Lipinski definition) is 2. The molecule has 3 atom stereocenters. The highest BCUT2D eigenvalue weighted by Crippen LogP contribution is 2.32. The van der Waals surface area contributed by atoms with Crippen LogP contribution in [0.15, 0.2) is 35.2 Å². The molecule has 4 nitrogen and oxygen atoms in total. The molecule has 2 N–H and O–H groups in total. The van der Waals surface area contributed by atoms with E-state index >= 15 is 0 Å². The third-order valence-electron chi connectivity index (χ3n) is 3.40. The third kappa shape index (κ3) is 5.96. The van der Waals surface area contributed by atoms with E-state index < -0.39 is 12.1 Å². The van der Waals surface area contributed by atoms with Crippen LogP contribution in [0.25, 0.3) is 0 Å². The van der Waals surface area contributed by atoms with E-state index in [-0.39, 0.29) is 12.0 Å². The maximum Gasteiger partial charge on any atom is 0.159 e. The average molecular weight is 312 g/mol. The standard InChI is InChI=1S/C16H24O4S/c1-16(2,18)19-9-8-13-10-12(15(17)20-13)11-21-14-6-4-3-5-7-14/h3-7,12-13,15,17-18H,8-11H2,1-2H3/t12?,13-,15?/m1/s1. The molecule has 2 rings (SSSR count). The highest BCUT2D eigenvalue weighted by molar-refractivity contribution is 7.99. The molecule has 118 valence electrons. The van der Waals surface area contributed by atoms with Gasteiger partial charge in [0.25, 0.3) is 0 Å². The van der Waals surface area contributed by atoms with Crippen LogP contribution in [0.1, 0.15) is 26.7 Å². The Hall–Kier alpha value is -0.590. The molecule has 1 heterocycles. The summed E-state index contributed by atoms with van der Waals surface area (Å²) in [4.78, 5) is 1.21. The van der Waals surface area contributed by atoms with Crippen LogP contribution >= 0.6 is 11.8 Å². The normalized spacial score (nSPS) is 26.2. The molecular formula is C16H24O4S. The topological polar surface area (TPSA) is 58.9 Å². The second-order valence-electron chi connectivity index (χ2n) is 5.85. The highest BCUT2D eigenvalue weighted by Gasteiger charge is 2.33. The zero-order valence-corrected chi connectivity index (χ0v) is 13.4. The van der Waals surface area contributed by atoms with Crippen molar-refractivity contribution in [3.05, 3.63) is 30.3 Å². The monoisotopic (exact) mass is 312 g/mol. The zero-order valence-electron chi connectivity index (χ0n) is 12.6. The number of ether oxygens (including phenoxy) is 2. The van der Waals surface area contributed by atoms with Gasteiger partial charge in [-0.3, -0.25) is 0 Å². The molecule has 1 aromatic carbocycles. The average Bonchev–Trinajstić information content (AvgIpc) is 2.76. The Bertz CT molecular complexity index is 418. The number of thioether (sulfide) groups is 1. The van der Waals surface area contributed by atoms with Gasteiger partial charge >= 0.3 is 0 Å². The van der Waals surface area contributed by atoms with Crippen molar-refractivity contribution in [3.8, 4) is 0 Å². The summed E-state index contributed by atoms with van der Waals surface area (Å²) < 4.78 is 10.8. The van der Waals surface area contributed by atoms with Gasteiger partial charge in [-0.2, -0.15) is 0 Å². The first kappa shape index (κ1) is 16.8. The van der Waals surface area contributed by atoms with Crippen molar-refractivity contribution >= 4 is 11.8 Å². The van der Waals surface area contributed by atoms with Crippen LogP contribution in [0.3, 0.4) is 0 Å². The van der Waals surface area contributed by atoms with Gasteiger partial charge in [0.1, 0.15) is 0 Å². The van der Waals surface area contributed by atoms with E-state index in [1.165, 1.54) is 4.90 Å². The molecule has 0 aliphatic carbocycles. The van der Waals surface area contributed by atoms with Crippen molar-refractivity contribution in [1.29, 1.82) is 0 Å². The number of aliphatic hydroxyl groups is 2. The Morgan fingerprint density at radius 3 is 2.71 bits per heavy atom. The smallest absolute Gasteiger partial charge is 0.159 e. The number of hydrogen-bond acceptors (Lipinski definition) is 5. The minimum atomic E-state index is -1.11. The fourth-order valence-corrected chi connectivity index (χ4v) is 3.37. The first-order valence-electron chi connectivity index (χ1n) is 7.32. The van der Waals surface area contributed by atoms with Crippen LogP contribution < -0.4 is 0 Å². The van der Waals surface area contributed by atoms with Crippen LogP contribution in [-0.2, 0) is 9.47 Å². The molecule has 0 radical (unpaired) electrons. The third-order valence-corrected chi connectivity index (χ3v) is 4.60. The lowest BCUT2D eigenvalue weighted by atomic mass is 10.1. The molecule has 21 heavy (non-hydrogen) atoms. The van der Waals surface area contributed by atoms with E-state index in [0.29, 0.717) is 13.0 Å². The molecule has 2 unspecified atom stereocenters. The molecule has 5 heteroatoms. The van der Waals surface area contributed by atoms with Crippen LogP contribution in [0.5, 0.6) is 0 Å². The molecule has 0 bridgehead atoms. The second kappa shape index (κ2) is 7.61. The lowest BCUT2D eigenvalue weighted by molar-refractivity contribution is -0.182. The first-order chi connectivity index (χ1) is 9.94. The maximum atomic E-state index is 9.97. The van der Waals surface area contributed by atoms with Crippen LogP contribution in [0, 0.1) is 5.92 Å². The molecule has 1 aromatic rings. The van der Waals surface area contributed by atoms with Crippen molar-refractivity contribution in [2.75, 3.05) is 12.4 Å².